The van der Waals surface area contributed by atoms with E-state index in [2.05, 4.69) is 0 Å². The highest BCUT2D eigenvalue weighted by Crippen LogP contribution is 2.20. The highest BCUT2D eigenvalue weighted by molar-refractivity contribution is 5.95. The van der Waals surface area contributed by atoms with Crippen molar-refractivity contribution in [2.45, 2.75) is 33.0 Å². The number of esters is 2. The molecule has 0 aromatic heterocycles. The molecule has 0 spiro atoms. The van der Waals surface area contributed by atoms with Crippen LogP contribution in [0.1, 0.15) is 38.5 Å². The van der Waals surface area contributed by atoms with Crippen LogP contribution in [0.2, 0.25) is 0 Å². The molecule has 0 saturated carbocycles. The first-order valence-electron chi connectivity index (χ1n) is 6.31. The largest absolute Gasteiger partial charge is 0.420 e. The van der Waals surface area contributed by atoms with Crippen LogP contribution in [0.4, 0.5) is 0 Å². The van der Waals surface area contributed by atoms with E-state index in [1.807, 2.05) is 0 Å². The van der Waals surface area contributed by atoms with Gasteiger partial charge in [-0.3, -0.25) is 19.2 Å². The quantitative estimate of drug-likeness (QED) is 0.432. The van der Waals surface area contributed by atoms with E-state index in [1.165, 1.54) is 13.8 Å². The first-order chi connectivity index (χ1) is 9.88. The van der Waals surface area contributed by atoms with Gasteiger partial charge in [0, 0.05) is 5.56 Å². The van der Waals surface area contributed by atoms with Gasteiger partial charge in [-0.1, -0.05) is 30.3 Å². The predicted octanol–water partition coefficient (Wildman–Crippen LogP) is 1.73. The molecule has 6 heteroatoms. The Hall–Kier alpha value is -2.50. The first kappa shape index (κ1) is 16.6. The Kier molecular flexibility index (Phi) is 6.26. The lowest BCUT2D eigenvalue weighted by Gasteiger charge is -2.18. The van der Waals surface area contributed by atoms with Crippen LogP contribution in [-0.4, -0.2) is 23.5 Å². The molecule has 1 aromatic rings. The Morgan fingerprint density at radius 2 is 1.29 bits per heavy atom. The fourth-order valence-corrected chi connectivity index (χ4v) is 1.50. The van der Waals surface area contributed by atoms with Crippen molar-refractivity contribution in [2.24, 2.45) is 0 Å². The van der Waals surface area contributed by atoms with Gasteiger partial charge in [0.15, 0.2) is 0 Å². The van der Waals surface area contributed by atoms with Gasteiger partial charge in [0.2, 0.25) is 0 Å². The molecule has 1 rings (SSSR count). The molecule has 0 N–H and O–H groups in total. The Labute approximate surface area is 122 Å². The van der Waals surface area contributed by atoms with Crippen molar-refractivity contribution in [3.05, 3.63) is 35.9 Å². The summed E-state index contributed by atoms with van der Waals surface area (Å²) in [6.45, 7) is 2.50. The maximum atomic E-state index is 11.5. The topological polar surface area (TPSA) is 86.7 Å². The molecule has 1 aromatic carbocycles. The van der Waals surface area contributed by atoms with E-state index >= 15 is 0 Å². The van der Waals surface area contributed by atoms with Crippen LogP contribution in [0, 0.1) is 0 Å². The summed E-state index contributed by atoms with van der Waals surface area (Å²) in [5.41, 5.74) is 0.436. The number of benzene rings is 1. The summed E-state index contributed by atoms with van der Waals surface area (Å²) >= 11 is 0. The third kappa shape index (κ3) is 6.47. The number of rotatable bonds is 7. The van der Waals surface area contributed by atoms with Crippen LogP contribution in [-0.2, 0) is 28.7 Å². The SMILES string of the molecule is CC(=O)CC(=O)OC(OC(=O)CC(C)=O)c1ccccc1. The zero-order valence-electron chi connectivity index (χ0n) is 11.8. The molecule has 0 aliphatic heterocycles. The van der Waals surface area contributed by atoms with Crippen LogP contribution >= 0.6 is 0 Å². The van der Waals surface area contributed by atoms with E-state index in [0.717, 1.165) is 0 Å². The van der Waals surface area contributed by atoms with E-state index in [1.54, 1.807) is 30.3 Å². The lowest BCUT2D eigenvalue weighted by Crippen LogP contribution is -2.20. The number of hydrogen-bond acceptors (Lipinski definition) is 6. The summed E-state index contributed by atoms with van der Waals surface area (Å²) in [6, 6.07) is 8.31. The van der Waals surface area contributed by atoms with Gasteiger partial charge in [-0.25, -0.2) is 0 Å². The summed E-state index contributed by atoms with van der Waals surface area (Å²) in [4.78, 5) is 44.9. The third-order valence-electron chi connectivity index (χ3n) is 2.34. The second kappa shape index (κ2) is 7.94. The Balaban J connectivity index is 2.80. The average Bonchev–Trinajstić information content (AvgIpc) is 2.37. The molecule has 0 fully saturated rings. The molecule has 0 atom stereocenters. The predicted molar refractivity (Wildman–Crippen MR) is 72.0 cm³/mol. The minimum atomic E-state index is -1.27. The Bertz CT molecular complexity index is 504. The normalized spacial score (nSPS) is 10.0. The van der Waals surface area contributed by atoms with Crippen molar-refractivity contribution in [3.8, 4) is 0 Å². The van der Waals surface area contributed by atoms with Crippen molar-refractivity contribution in [2.75, 3.05) is 0 Å². The highest BCUT2D eigenvalue weighted by atomic mass is 16.7. The van der Waals surface area contributed by atoms with Crippen molar-refractivity contribution < 1.29 is 28.7 Å². The van der Waals surface area contributed by atoms with Crippen molar-refractivity contribution in [1.29, 1.82) is 0 Å². The fraction of sp³-hybridized carbons (Fsp3) is 0.333. The summed E-state index contributed by atoms with van der Waals surface area (Å²) in [7, 11) is 0. The van der Waals surface area contributed by atoms with E-state index in [0.29, 0.717) is 5.56 Å². The lowest BCUT2D eigenvalue weighted by atomic mass is 10.2. The van der Waals surface area contributed by atoms with Gasteiger partial charge in [0.05, 0.1) is 0 Å². The zero-order chi connectivity index (χ0) is 15.8. The third-order valence-corrected chi connectivity index (χ3v) is 2.34. The van der Waals surface area contributed by atoms with Gasteiger partial charge in [-0.15, -0.1) is 0 Å². The monoisotopic (exact) mass is 292 g/mol. The van der Waals surface area contributed by atoms with Gasteiger partial charge >= 0.3 is 11.9 Å². The van der Waals surface area contributed by atoms with Crippen LogP contribution in [0.15, 0.2) is 30.3 Å². The maximum Gasteiger partial charge on any atom is 0.316 e. The number of carbonyl (C=O) groups excluding carboxylic acids is 4. The number of ketones is 2. The number of Topliss-reactive ketones (excluding diaryl/α,β-unsaturated/α-hetero) is 2. The second-order valence-corrected chi connectivity index (χ2v) is 4.48. The number of carbonyl (C=O) groups is 4. The molecule has 0 radical (unpaired) electrons. The molecule has 0 aliphatic rings. The summed E-state index contributed by atoms with van der Waals surface area (Å²) in [5, 5.41) is 0. The molecule has 112 valence electrons. The summed E-state index contributed by atoms with van der Waals surface area (Å²) in [5.74, 6) is -2.32. The molecular formula is C15H16O6. The average molecular weight is 292 g/mol. The first-order valence-corrected chi connectivity index (χ1v) is 6.31. The van der Waals surface area contributed by atoms with Gasteiger partial charge < -0.3 is 9.47 Å². The number of ether oxygens (including phenoxy) is 2. The Morgan fingerprint density at radius 1 is 0.857 bits per heavy atom. The molecule has 0 aliphatic carbocycles. The van der Waals surface area contributed by atoms with Gasteiger partial charge in [0.1, 0.15) is 24.4 Å². The minimum Gasteiger partial charge on any atom is -0.420 e. The minimum absolute atomic E-state index is 0.359. The van der Waals surface area contributed by atoms with Gasteiger partial charge in [0.25, 0.3) is 6.29 Å². The molecule has 6 nitrogen and oxygen atoms in total. The van der Waals surface area contributed by atoms with E-state index < -0.39 is 31.1 Å². The molecule has 0 heterocycles. The molecule has 21 heavy (non-hydrogen) atoms. The van der Waals surface area contributed by atoms with Crippen LogP contribution in [0.5, 0.6) is 0 Å². The molecule has 0 saturated heterocycles. The smallest absolute Gasteiger partial charge is 0.316 e. The van der Waals surface area contributed by atoms with Crippen LogP contribution in [0.25, 0.3) is 0 Å². The van der Waals surface area contributed by atoms with Crippen molar-refractivity contribution >= 4 is 23.5 Å². The van der Waals surface area contributed by atoms with E-state index in [-0.39, 0.29) is 11.6 Å². The van der Waals surface area contributed by atoms with E-state index in [4.69, 9.17) is 9.47 Å². The maximum absolute atomic E-state index is 11.5. The number of hydrogen-bond donors (Lipinski definition) is 0. The van der Waals surface area contributed by atoms with Gasteiger partial charge in [-0.05, 0) is 13.8 Å². The summed E-state index contributed by atoms with van der Waals surface area (Å²) in [6.07, 6.45) is -2.09. The molecular weight excluding hydrogens is 276 g/mol. The zero-order valence-corrected chi connectivity index (χ0v) is 11.8. The van der Waals surface area contributed by atoms with Crippen molar-refractivity contribution in [3.63, 3.8) is 0 Å². The van der Waals surface area contributed by atoms with Crippen molar-refractivity contribution in [1.82, 2.24) is 0 Å². The molecule has 0 unspecified atom stereocenters. The lowest BCUT2D eigenvalue weighted by molar-refractivity contribution is -0.189. The van der Waals surface area contributed by atoms with E-state index in [9.17, 15) is 19.2 Å². The van der Waals surface area contributed by atoms with Gasteiger partial charge in [-0.2, -0.15) is 0 Å². The standard InChI is InChI=1S/C15H16O6/c1-10(16)8-13(18)20-15(12-6-4-3-5-7-12)21-14(19)9-11(2)17/h3-7,15H,8-9H2,1-2H3. The Morgan fingerprint density at radius 3 is 1.67 bits per heavy atom. The second-order valence-electron chi connectivity index (χ2n) is 4.48. The molecule has 0 bridgehead atoms. The van der Waals surface area contributed by atoms with Crippen LogP contribution in [0.3, 0.4) is 0 Å². The van der Waals surface area contributed by atoms with Crippen LogP contribution < -0.4 is 0 Å². The highest BCUT2D eigenvalue weighted by Gasteiger charge is 2.22. The molecule has 0 amide bonds. The summed E-state index contributed by atoms with van der Waals surface area (Å²) < 4.78 is 9.97. The fourth-order valence-electron chi connectivity index (χ4n) is 1.50.